The Hall–Kier alpha value is -4.11. The number of piperazine rings is 1. The monoisotopic (exact) mass is 467 g/mol. The predicted octanol–water partition coefficient (Wildman–Crippen LogP) is 4.29. The van der Waals surface area contributed by atoms with Crippen molar-refractivity contribution in [2.75, 3.05) is 49.9 Å². The molecule has 1 saturated heterocycles. The highest BCUT2D eigenvalue weighted by Gasteiger charge is 2.12. The van der Waals surface area contributed by atoms with Gasteiger partial charge in [-0.3, -0.25) is 4.90 Å². The Morgan fingerprint density at radius 1 is 0.943 bits per heavy atom. The van der Waals surface area contributed by atoms with Crippen LogP contribution in [0.1, 0.15) is 22.3 Å². The highest BCUT2D eigenvalue weighted by atomic mass is 16.5. The zero-order valence-electron chi connectivity index (χ0n) is 20.1. The Balaban J connectivity index is 1.56. The van der Waals surface area contributed by atoms with Crippen molar-refractivity contribution in [2.24, 2.45) is 0 Å². The number of aromatic nitrogens is 1. The van der Waals surface area contributed by atoms with Crippen LogP contribution in [0.3, 0.4) is 0 Å². The van der Waals surface area contributed by atoms with Crippen molar-refractivity contribution in [3.8, 4) is 23.6 Å². The number of hydrogen-bond donors (Lipinski definition) is 3. The Morgan fingerprint density at radius 2 is 1.60 bits per heavy atom. The lowest BCUT2D eigenvalue weighted by atomic mass is 10.1. The van der Waals surface area contributed by atoms with Gasteiger partial charge in [-0.1, -0.05) is 0 Å². The van der Waals surface area contributed by atoms with Crippen LogP contribution in [0.4, 0.5) is 17.3 Å². The van der Waals surface area contributed by atoms with Crippen molar-refractivity contribution < 1.29 is 4.74 Å². The first-order chi connectivity index (χ1) is 17.0. The molecule has 0 radical (unpaired) electrons. The van der Waals surface area contributed by atoms with Gasteiger partial charge in [-0.05, 0) is 61.4 Å². The van der Waals surface area contributed by atoms with Crippen LogP contribution in [-0.2, 0) is 0 Å². The summed E-state index contributed by atoms with van der Waals surface area (Å²) >= 11 is 0. The number of rotatable bonds is 8. The van der Waals surface area contributed by atoms with Crippen molar-refractivity contribution in [2.45, 2.75) is 13.8 Å². The van der Waals surface area contributed by atoms with Gasteiger partial charge in [-0.15, -0.1) is 0 Å². The van der Waals surface area contributed by atoms with Crippen LogP contribution in [-0.4, -0.2) is 49.2 Å². The van der Waals surface area contributed by atoms with E-state index >= 15 is 0 Å². The molecule has 2 heterocycles. The average molecular weight is 468 g/mol. The number of pyridine rings is 1. The molecule has 0 bridgehead atoms. The number of anilines is 3. The van der Waals surface area contributed by atoms with Gasteiger partial charge in [0, 0.05) is 57.1 Å². The molecule has 0 spiro atoms. The first kappa shape index (κ1) is 24.0. The Bertz CT molecular complexity index is 1230. The topological polar surface area (TPSA) is 109 Å². The zero-order chi connectivity index (χ0) is 24.6. The van der Waals surface area contributed by atoms with Gasteiger partial charge in [-0.25, -0.2) is 4.98 Å². The highest BCUT2D eigenvalue weighted by Crippen LogP contribution is 2.32. The minimum absolute atomic E-state index is 0.600. The van der Waals surface area contributed by atoms with Crippen LogP contribution in [0.2, 0.25) is 0 Å². The molecule has 0 atom stereocenters. The second-order valence-electron chi connectivity index (χ2n) is 8.56. The van der Waals surface area contributed by atoms with E-state index in [1.54, 1.807) is 12.1 Å². The number of hydrogen-bond acceptors (Lipinski definition) is 8. The summed E-state index contributed by atoms with van der Waals surface area (Å²) in [7, 11) is 0. The van der Waals surface area contributed by atoms with Gasteiger partial charge in [0.1, 0.15) is 23.1 Å². The molecule has 35 heavy (non-hydrogen) atoms. The summed E-state index contributed by atoms with van der Waals surface area (Å²) in [6, 6.07) is 18.9. The molecule has 0 amide bonds. The molecule has 8 nitrogen and oxygen atoms in total. The normalized spacial score (nSPS) is 13.5. The third kappa shape index (κ3) is 6.48. The van der Waals surface area contributed by atoms with Crippen molar-refractivity contribution in [1.29, 1.82) is 10.5 Å². The van der Waals surface area contributed by atoms with Crippen molar-refractivity contribution >= 4 is 17.3 Å². The SMILES string of the molecule is Cc1cc(C#N)cc(C)c1Oc1cc(NCCN2CCNCC2)nc(Nc2ccc(C#N)cc2)c1. The summed E-state index contributed by atoms with van der Waals surface area (Å²) in [4.78, 5) is 7.15. The van der Waals surface area contributed by atoms with Gasteiger partial charge >= 0.3 is 0 Å². The summed E-state index contributed by atoms with van der Waals surface area (Å²) in [5.41, 5.74) is 3.83. The molecule has 0 aliphatic carbocycles. The summed E-state index contributed by atoms with van der Waals surface area (Å²) in [5, 5.41) is 28.4. The summed E-state index contributed by atoms with van der Waals surface area (Å²) in [6.45, 7) is 9.69. The van der Waals surface area contributed by atoms with Crippen LogP contribution in [0, 0.1) is 36.5 Å². The first-order valence-electron chi connectivity index (χ1n) is 11.7. The summed E-state index contributed by atoms with van der Waals surface area (Å²) in [5.74, 6) is 2.70. The van der Waals surface area contributed by atoms with Crippen molar-refractivity contribution in [1.82, 2.24) is 15.2 Å². The van der Waals surface area contributed by atoms with E-state index in [0.717, 1.165) is 61.8 Å². The van der Waals surface area contributed by atoms with E-state index in [4.69, 9.17) is 15.0 Å². The number of ether oxygens (including phenoxy) is 1. The third-order valence-electron chi connectivity index (χ3n) is 5.84. The third-order valence-corrected chi connectivity index (χ3v) is 5.84. The number of nitrogens with zero attached hydrogens (tertiary/aromatic N) is 4. The maximum Gasteiger partial charge on any atom is 0.136 e. The van der Waals surface area contributed by atoms with Gasteiger partial charge in [0.2, 0.25) is 0 Å². The fraction of sp³-hybridized carbons (Fsp3) is 0.296. The summed E-state index contributed by atoms with van der Waals surface area (Å²) < 4.78 is 6.30. The van der Waals surface area contributed by atoms with E-state index in [1.165, 1.54) is 0 Å². The second kappa shape index (κ2) is 11.3. The van der Waals surface area contributed by atoms with Crippen LogP contribution >= 0.6 is 0 Å². The van der Waals surface area contributed by atoms with E-state index < -0.39 is 0 Å². The standard InChI is InChI=1S/C27H29N7O/c1-19-13-22(18-29)14-20(2)27(19)35-24-15-25(31-9-12-34-10-7-30-8-11-34)33-26(16-24)32-23-5-3-21(17-28)4-6-23/h3-6,13-16,30H,7-12H2,1-2H3,(H2,31,32,33). The number of aryl methyl sites for hydroxylation is 2. The molecule has 1 fully saturated rings. The maximum atomic E-state index is 9.25. The molecule has 178 valence electrons. The van der Waals surface area contributed by atoms with Gasteiger partial charge in [-0.2, -0.15) is 10.5 Å². The maximum absolute atomic E-state index is 9.25. The van der Waals surface area contributed by atoms with E-state index in [1.807, 2.05) is 50.2 Å². The van der Waals surface area contributed by atoms with Crippen molar-refractivity contribution in [3.63, 3.8) is 0 Å². The average Bonchev–Trinajstić information content (AvgIpc) is 2.87. The molecule has 8 heteroatoms. The fourth-order valence-corrected chi connectivity index (χ4v) is 4.07. The lowest BCUT2D eigenvalue weighted by Gasteiger charge is -2.27. The van der Waals surface area contributed by atoms with Crippen LogP contribution in [0.5, 0.6) is 11.5 Å². The van der Waals surface area contributed by atoms with Gasteiger partial charge in [0.05, 0.1) is 23.3 Å². The molecule has 3 N–H and O–H groups in total. The molecule has 4 rings (SSSR count). The molecule has 1 aromatic heterocycles. The van der Waals surface area contributed by atoms with E-state index in [-0.39, 0.29) is 0 Å². The molecule has 0 unspecified atom stereocenters. The molecule has 2 aromatic carbocycles. The van der Waals surface area contributed by atoms with Gasteiger partial charge in [0.25, 0.3) is 0 Å². The van der Waals surface area contributed by atoms with Crippen LogP contribution < -0.4 is 20.7 Å². The molecule has 1 aliphatic heterocycles. The quantitative estimate of drug-likeness (QED) is 0.450. The van der Waals surface area contributed by atoms with Crippen LogP contribution in [0.15, 0.2) is 48.5 Å². The number of benzene rings is 2. The largest absolute Gasteiger partial charge is 0.457 e. The first-order valence-corrected chi connectivity index (χ1v) is 11.7. The lowest BCUT2D eigenvalue weighted by molar-refractivity contribution is 0.249. The molecule has 1 aliphatic rings. The molecule has 3 aromatic rings. The smallest absolute Gasteiger partial charge is 0.136 e. The van der Waals surface area contributed by atoms with Gasteiger partial charge < -0.3 is 20.7 Å². The van der Waals surface area contributed by atoms with E-state index in [9.17, 15) is 5.26 Å². The lowest BCUT2D eigenvalue weighted by Crippen LogP contribution is -2.45. The Morgan fingerprint density at radius 3 is 2.26 bits per heavy atom. The highest BCUT2D eigenvalue weighted by molar-refractivity contribution is 5.62. The minimum atomic E-state index is 0.600. The minimum Gasteiger partial charge on any atom is -0.457 e. The second-order valence-corrected chi connectivity index (χ2v) is 8.56. The number of nitrogens with one attached hydrogen (secondary N) is 3. The number of nitriles is 2. The van der Waals surface area contributed by atoms with Gasteiger partial charge in [0.15, 0.2) is 0 Å². The molecular formula is C27H29N7O. The Labute approximate surface area is 206 Å². The van der Waals surface area contributed by atoms with E-state index in [0.29, 0.717) is 28.5 Å². The van der Waals surface area contributed by atoms with Crippen molar-refractivity contribution in [3.05, 3.63) is 70.8 Å². The zero-order valence-corrected chi connectivity index (χ0v) is 20.1. The predicted molar refractivity (Wildman–Crippen MR) is 137 cm³/mol. The fourth-order valence-electron chi connectivity index (χ4n) is 4.07. The Kier molecular flexibility index (Phi) is 7.79. The summed E-state index contributed by atoms with van der Waals surface area (Å²) in [6.07, 6.45) is 0. The van der Waals surface area contributed by atoms with E-state index in [2.05, 4.69) is 33.0 Å². The van der Waals surface area contributed by atoms with Crippen LogP contribution in [0.25, 0.3) is 0 Å². The molecular weight excluding hydrogens is 438 g/mol. The molecule has 0 saturated carbocycles.